The lowest BCUT2D eigenvalue weighted by molar-refractivity contribution is -0.127. The van der Waals surface area contributed by atoms with Gasteiger partial charge in [-0.25, -0.2) is 0 Å². The zero-order valence-electron chi connectivity index (χ0n) is 10.1. The summed E-state index contributed by atoms with van der Waals surface area (Å²) in [6.07, 6.45) is 5.26. The molecule has 1 aliphatic rings. The molecule has 1 rings (SSSR count). The van der Waals surface area contributed by atoms with Crippen LogP contribution < -0.4 is 5.73 Å². The third kappa shape index (κ3) is 4.20. The summed E-state index contributed by atoms with van der Waals surface area (Å²) in [6.45, 7) is 7.07. The zero-order chi connectivity index (χ0) is 11.3. The molecule has 1 heterocycles. The van der Waals surface area contributed by atoms with Gasteiger partial charge in [0.25, 0.3) is 0 Å². The van der Waals surface area contributed by atoms with Gasteiger partial charge in [-0.3, -0.25) is 4.79 Å². The maximum absolute atomic E-state index is 11.3. The Morgan fingerprint density at radius 3 is 2.67 bits per heavy atom. The van der Waals surface area contributed by atoms with Crippen molar-refractivity contribution in [3.63, 3.8) is 0 Å². The van der Waals surface area contributed by atoms with Crippen LogP contribution in [0.1, 0.15) is 46.0 Å². The van der Waals surface area contributed by atoms with E-state index in [2.05, 4.69) is 13.8 Å². The molecule has 0 aromatic carbocycles. The van der Waals surface area contributed by atoms with Crippen LogP contribution in [-0.4, -0.2) is 30.4 Å². The Bertz CT molecular complexity index is 214. The second kappa shape index (κ2) is 5.50. The van der Waals surface area contributed by atoms with Crippen LogP contribution in [-0.2, 0) is 4.79 Å². The average Bonchev–Trinajstić information content (AvgIpc) is 2.59. The van der Waals surface area contributed by atoms with Gasteiger partial charge in [-0.15, -0.1) is 0 Å². The average molecular weight is 212 g/mol. The van der Waals surface area contributed by atoms with Gasteiger partial charge in [0.15, 0.2) is 0 Å². The summed E-state index contributed by atoms with van der Waals surface area (Å²) in [5.41, 5.74) is 5.93. The van der Waals surface area contributed by atoms with Crippen LogP contribution in [0, 0.1) is 5.41 Å². The Morgan fingerprint density at radius 2 is 2.13 bits per heavy atom. The SMILES string of the molecule is CC(C)(CN)CCCCN1CCCC1=O. The maximum Gasteiger partial charge on any atom is 0.222 e. The van der Waals surface area contributed by atoms with Gasteiger partial charge in [0.2, 0.25) is 5.91 Å². The Kier molecular flexibility index (Phi) is 4.58. The maximum atomic E-state index is 11.3. The summed E-state index contributed by atoms with van der Waals surface area (Å²) in [5, 5.41) is 0. The van der Waals surface area contributed by atoms with E-state index < -0.39 is 0 Å². The van der Waals surface area contributed by atoms with E-state index in [1.807, 2.05) is 4.90 Å². The molecular formula is C12H24N2O. The van der Waals surface area contributed by atoms with E-state index >= 15 is 0 Å². The van der Waals surface area contributed by atoms with E-state index in [0.717, 1.165) is 45.3 Å². The standard InChI is InChI=1S/C12H24N2O/c1-12(2,10-13)7-3-4-8-14-9-5-6-11(14)15/h3-10,13H2,1-2H3. The first-order valence-electron chi connectivity index (χ1n) is 6.03. The fourth-order valence-corrected chi connectivity index (χ4v) is 1.95. The monoisotopic (exact) mass is 212 g/mol. The number of carbonyl (C=O) groups excluding carboxylic acids is 1. The second-order valence-corrected chi connectivity index (χ2v) is 5.31. The fourth-order valence-electron chi connectivity index (χ4n) is 1.95. The Labute approximate surface area is 93.0 Å². The van der Waals surface area contributed by atoms with Crippen molar-refractivity contribution < 1.29 is 4.79 Å². The highest BCUT2D eigenvalue weighted by Crippen LogP contribution is 2.21. The van der Waals surface area contributed by atoms with Gasteiger partial charge < -0.3 is 10.6 Å². The quantitative estimate of drug-likeness (QED) is 0.682. The number of hydrogen-bond donors (Lipinski definition) is 1. The first-order chi connectivity index (χ1) is 7.05. The lowest BCUT2D eigenvalue weighted by Crippen LogP contribution is -2.27. The summed E-state index contributed by atoms with van der Waals surface area (Å²) in [7, 11) is 0. The molecule has 1 aliphatic heterocycles. The molecule has 0 aliphatic carbocycles. The van der Waals surface area contributed by atoms with Crippen molar-refractivity contribution >= 4 is 5.91 Å². The zero-order valence-corrected chi connectivity index (χ0v) is 10.1. The highest BCUT2D eigenvalue weighted by atomic mass is 16.2. The molecule has 15 heavy (non-hydrogen) atoms. The molecule has 0 aromatic rings. The van der Waals surface area contributed by atoms with Crippen LogP contribution in [0.25, 0.3) is 0 Å². The van der Waals surface area contributed by atoms with Crippen LogP contribution in [0.3, 0.4) is 0 Å². The lowest BCUT2D eigenvalue weighted by Gasteiger charge is -2.22. The Hall–Kier alpha value is -0.570. The number of carbonyl (C=O) groups is 1. The van der Waals surface area contributed by atoms with Crippen molar-refractivity contribution in [3.8, 4) is 0 Å². The summed E-state index contributed by atoms with van der Waals surface area (Å²) in [4.78, 5) is 13.3. The molecule has 0 unspecified atom stereocenters. The Balaban J connectivity index is 2.09. The molecular weight excluding hydrogens is 188 g/mol. The van der Waals surface area contributed by atoms with E-state index in [9.17, 15) is 4.79 Å². The van der Waals surface area contributed by atoms with Crippen molar-refractivity contribution in [2.45, 2.75) is 46.0 Å². The van der Waals surface area contributed by atoms with Crippen LogP contribution in [0.5, 0.6) is 0 Å². The Morgan fingerprint density at radius 1 is 1.40 bits per heavy atom. The predicted octanol–water partition coefficient (Wildman–Crippen LogP) is 1.76. The fraction of sp³-hybridized carbons (Fsp3) is 0.917. The molecule has 0 saturated carbocycles. The number of hydrogen-bond acceptors (Lipinski definition) is 2. The van der Waals surface area contributed by atoms with Crippen molar-refractivity contribution in [3.05, 3.63) is 0 Å². The van der Waals surface area contributed by atoms with Gasteiger partial charge in [0.05, 0.1) is 0 Å². The molecule has 0 bridgehead atoms. The van der Waals surface area contributed by atoms with Gasteiger partial charge in [0.1, 0.15) is 0 Å². The second-order valence-electron chi connectivity index (χ2n) is 5.31. The molecule has 1 fully saturated rings. The predicted molar refractivity (Wildman–Crippen MR) is 62.5 cm³/mol. The molecule has 88 valence electrons. The van der Waals surface area contributed by atoms with Gasteiger partial charge >= 0.3 is 0 Å². The summed E-state index contributed by atoms with van der Waals surface area (Å²) >= 11 is 0. The number of amides is 1. The lowest BCUT2D eigenvalue weighted by atomic mass is 9.87. The van der Waals surface area contributed by atoms with Crippen LogP contribution in [0.15, 0.2) is 0 Å². The van der Waals surface area contributed by atoms with Crippen molar-refractivity contribution in [1.82, 2.24) is 4.90 Å². The van der Waals surface area contributed by atoms with E-state index in [1.165, 1.54) is 6.42 Å². The minimum Gasteiger partial charge on any atom is -0.343 e. The van der Waals surface area contributed by atoms with E-state index in [1.54, 1.807) is 0 Å². The van der Waals surface area contributed by atoms with Gasteiger partial charge in [-0.1, -0.05) is 20.3 Å². The molecule has 3 nitrogen and oxygen atoms in total. The molecule has 1 amide bonds. The summed E-state index contributed by atoms with van der Waals surface area (Å²) in [5.74, 6) is 0.341. The third-order valence-corrected chi connectivity index (χ3v) is 3.26. The minimum atomic E-state index is 0.259. The van der Waals surface area contributed by atoms with E-state index in [-0.39, 0.29) is 5.41 Å². The molecule has 2 N–H and O–H groups in total. The normalized spacial score (nSPS) is 17.5. The summed E-state index contributed by atoms with van der Waals surface area (Å²) in [6, 6.07) is 0. The number of nitrogens with two attached hydrogens (primary N) is 1. The third-order valence-electron chi connectivity index (χ3n) is 3.26. The molecule has 0 spiro atoms. The number of unbranched alkanes of at least 4 members (excludes halogenated alkanes) is 1. The first kappa shape index (κ1) is 12.5. The van der Waals surface area contributed by atoms with Gasteiger partial charge in [0, 0.05) is 19.5 Å². The van der Waals surface area contributed by atoms with Gasteiger partial charge in [-0.2, -0.15) is 0 Å². The highest BCUT2D eigenvalue weighted by molar-refractivity contribution is 5.77. The number of nitrogens with zero attached hydrogens (tertiary/aromatic N) is 1. The smallest absolute Gasteiger partial charge is 0.222 e. The molecule has 3 heteroatoms. The van der Waals surface area contributed by atoms with Crippen LogP contribution >= 0.6 is 0 Å². The molecule has 0 radical (unpaired) electrons. The largest absolute Gasteiger partial charge is 0.343 e. The molecule has 1 saturated heterocycles. The van der Waals surface area contributed by atoms with Crippen molar-refractivity contribution in [2.75, 3.05) is 19.6 Å². The number of likely N-dealkylation sites (tertiary alicyclic amines) is 1. The topological polar surface area (TPSA) is 46.3 Å². The summed E-state index contributed by atoms with van der Waals surface area (Å²) < 4.78 is 0. The van der Waals surface area contributed by atoms with Crippen LogP contribution in [0.2, 0.25) is 0 Å². The first-order valence-corrected chi connectivity index (χ1v) is 6.03. The molecule has 0 aromatic heterocycles. The number of rotatable bonds is 6. The van der Waals surface area contributed by atoms with E-state index in [4.69, 9.17) is 5.73 Å². The van der Waals surface area contributed by atoms with E-state index in [0.29, 0.717) is 5.91 Å². The van der Waals surface area contributed by atoms with Crippen molar-refractivity contribution in [1.29, 1.82) is 0 Å². The van der Waals surface area contributed by atoms with Crippen LogP contribution in [0.4, 0.5) is 0 Å². The minimum absolute atomic E-state index is 0.259. The van der Waals surface area contributed by atoms with Crippen molar-refractivity contribution in [2.24, 2.45) is 11.1 Å². The highest BCUT2D eigenvalue weighted by Gasteiger charge is 2.20. The molecule has 0 atom stereocenters. The van der Waals surface area contributed by atoms with Gasteiger partial charge in [-0.05, 0) is 31.2 Å².